The molecule has 0 saturated heterocycles. The van der Waals surface area contributed by atoms with E-state index >= 15 is 0 Å². The van der Waals surface area contributed by atoms with Crippen molar-refractivity contribution in [1.82, 2.24) is 9.29 Å². The van der Waals surface area contributed by atoms with Crippen LogP contribution in [-0.4, -0.2) is 24.8 Å². The highest BCUT2D eigenvalue weighted by atomic mass is 32.2. The average molecular weight is 314 g/mol. The first-order chi connectivity index (χ1) is 9.43. The van der Waals surface area contributed by atoms with E-state index < -0.39 is 15.8 Å². The average Bonchev–Trinajstić information content (AvgIpc) is 2.87. The highest BCUT2D eigenvalue weighted by Crippen LogP contribution is 2.20. The lowest BCUT2D eigenvalue weighted by Crippen LogP contribution is -2.26. The molecule has 0 radical (unpaired) electrons. The quantitative estimate of drug-likeness (QED) is 0.852. The summed E-state index contributed by atoms with van der Waals surface area (Å²) in [5.74, 6) is -0.457. The molecule has 2 aromatic rings. The Morgan fingerprint density at radius 1 is 1.30 bits per heavy atom. The van der Waals surface area contributed by atoms with Gasteiger partial charge in [-0.25, -0.2) is 17.8 Å². The molecule has 0 spiro atoms. The van der Waals surface area contributed by atoms with Gasteiger partial charge in [0, 0.05) is 24.7 Å². The van der Waals surface area contributed by atoms with Gasteiger partial charge in [0.1, 0.15) is 5.82 Å². The molecule has 0 saturated carbocycles. The highest BCUT2D eigenvalue weighted by molar-refractivity contribution is 7.89. The van der Waals surface area contributed by atoms with Crippen molar-refractivity contribution in [2.75, 3.05) is 7.05 Å². The molecule has 0 unspecified atom stereocenters. The molecule has 1 aromatic heterocycles. The van der Waals surface area contributed by atoms with Gasteiger partial charge in [0.15, 0.2) is 0 Å². The van der Waals surface area contributed by atoms with Gasteiger partial charge in [0.2, 0.25) is 10.0 Å². The van der Waals surface area contributed by atoms with Gasteiger partial charge in [-0.2, -0.15) is 4.31 Å². The molecule has 7 heteroatoms. The second-order valence-corrected chi connectivity index (χ2v) is 7.53. The summed E-state index contributed by atoms with van der Waals surface area (Å²) in [4.78, 5) is 5.17. The third-order valence-corrected chi connectivity index (χ3v) is 5.75. The Hall–Kier alpha value is -1.31. The molecule has 0 bridgehead atoms. The topological polar surface area (TPSA) is 50.3 Å². The number of rotatable bonds is 5. The minimum Gasteiger partial charge on any atom is -0.249 e. The number of aromatic nitrogens is 1. The van der Waals surface area contributed by atoms with E-state index in [1.807, 2.05) is 6.92 Å². The molecule has 0 aliphatic rings. The number of hydrogen-bond donors (Lipinski definition) is 0. The van der Waals surface area contributed by atoms with Gasteiger partial charge < -0.3 is 0 Å². The van der Waals surface area contributed by atoms with Crippen molar-refractivity contribution >= 4 is 21.4 Å². The molecule has 20 heavy (non-hydrogen) atoms. The van der Waals surface area contributed by atoms with Crippen molar-refractivity contribution in [3.05, 3.63) is 46.2 Å². The van der Waals surface area contributed by atoms with E-state index in [2.05, 4.69) is 4.98 Å². The zero-order chi connectivity index (χ0) is 14.8. The summed E-state index contributed by atoms with van der Waals surface area (Å²) < 4.78 is 38.7. The summed E-state index contributed by atoms with van der Waals surface area (Å²) in [6, 6.07) is 4.82. The van der Waals surface area contributed by atoms with Crippen LogP contribution in [0.3, 0.4) is 0 Å². The van der Waals surface area contributed by atoms with E-state index in [9.17, 15) is 12.8 Å². The predicted octanol–water partition coefficient (Wildman–Crippen LogP) is 2.67. The van der Waals surface area contributed by atoms with Crippen molar-refractivity contribution in [3.8, 4) is 0 Å². The lowest BCUT2D eigenvalue weighted by Gasteiger charge is -2.16. The third kappa shape index (κ3) is 3.23. The van der Waals surface area contributed by atoms with Crippen molar-refractivity contribution in [2.45, 2.75) is 24.8 Å². The van der Waals surface area contributed by atoms with Crippen LogP contribution in [0.15, 0.2) is 35.4 Å². The SMILES string of the molecule is CCc1ncc(CN(C)S(=O)(=O)c2ccc(F)cc2)s1. The first-order valence-electron chi connectivity index (χ1n) is 6.09. The summed E-state index contributed by atoms with van der Waals surface area (Å²) in [5, 5.41) is 0.979. The highest BCUT2D eigenvalue weighted by Gasteiger charge is 2.21. The fraction of sp³-hybridized carbons (Fsp3) is 0.308. The Morgan fingerprint density at radius 2 is 1.95 bits per heavy atom. The first kappa shape index (κ1) is 15.1. The van der Waals surface area contributed by atoms with Crippen LogP contribution in [0.2, 0.25) is 0 Å². The third-order valence-electron chi connectivity index (χ3n) is 2.80. The minimum absolute atomic E-state index is 0.0848. The summed E-state index contributed by atoms with van der Waals surface area (Å²) in [6.45, 7) is 2.26. The first-order valence-corrected chi connectivity index (χ1v) is 8.34. The van der Waals surface area contributed by atoms with Gasteiger partial charge in [0.25, 0.3) is 0 Å². The van der Waals surface area contributed by atoms with Crippen molar-refractivity contribution in [1.29, 1.82) is 0 Å². The number of sulfonamides is 1. The molecule has 1 aromatic carbocycles. The lowest BCUT2D eigenvalue weighted by molar-refractivity contribution is 0.469. The summed E-state index contributed by atoms with van der Waals surface area (Å²) in [7, 11) is -2.10. The van der Waals surface area contributed by atoms with Gasteiger partial charge in [-0.15, -0.1) is 11.3 Å². The molecule has 0 aliphatic heterocycles. The monoisotopic (exact) mass is 314 g/mol. The number of nitrogens with zero attached hydrogens (tertiary/aromatic N) is 2. The second-order valence-electron chi connectivity index (χ2n) is 4.29. The standard InChI is InChI=1S/C13H15FN2O2S2/c1-3-13-15-8-11(19-13)9-16(2)20(17,18)12-6-4-10(14)5-7-12/h4-8H,3,9H2,1-2H3. The van der Waals surface area contributed by atoms with Crippen LogP contribution in [0.4, 0.5) is 4.39 Å². The van der Waals surface area contributed by atoms with Crippen LogP contribution < -0.4 is 0 Å². The predicted molar refractivity (Wildman–Crippen MR) is 76.5 cm³/mol. The van der Waals surface area contributed by atoms with E-state index in [-0.39, 0.29) is 11.4 Å². The smallest absolute Gasteiger partial charge is 0.243 e. The van der Waals surface area contributed by atoms with Gasteiger partial charge in [-0.05, 0) is 30.7 Å². The van der Waals surface area contributed by atoms with E-state index in [0.29, 0.717) is 0 Å². The molecule has 0 aliphatic carbocycles. The van der Waals surface area contributed by atoms with Crippen LogP contribution in [0.25, 0.3) is 0 Å². The Labute approximate surface area is 121 Å². The summed E-state index contributed by atoms with van der Waals surface area (Å²) >= 11 is 1.50. The minimum atomic E-state index is -3.61. The maximum Gasteiger partial charge on any atom is 0.243 e. The number of thiazole rings is 1. The Kier molecular flexibility index (Phi) is 4.52. The fourth-order valence-electron chi connectivity index (χ4n) is 1.68. The van der Waals surface area contributed by atoms with Crippen LogP contribution in [0.1, 0.15) is 16.8 Å². The molecule has 1 heterocycles. The molecule has 2 rings (SSSR count). The van der Waals surface area contributed by atoms with Crippen LogP contribution in [-0.2, 0) is 23.0 Å². The molecule has 0 amide bonds. The Balaban J connectivity index is 2.18. The zero-order valence-corrected chi connectivity index (χ0v) is 12.8. The Morgan fingerprint density at radius 3 is 2.50 bits per heavy atom. The number of benzene rings is 1. The van der Waals surface area contributed by atoms with Gasteiger partial charge >= 0.3 is 0 Å². The number of aryl methyl sites for hydroxylation is 1. The van der Waals surface area contributed by atoms with Gasteiger partial charge in [-0.1, -0.05) is 6.92 Å². The van der Waals surface area contributed by atoms with E-state index in [1.54, 1.807) is 6.20 Å². The van der Waals surface area contributed by atoms with E-state index in [0.717, 1.165) is 28.4 Å². The van der Waals surface area contributed by atoms with Crippen LogP contribution in [0.5, 0.6) is 0 Å². The maximum absolute atomic E-state index is 12.8. The fourth-order valence-corrected chi connectivity index (χ4v) is 3.82. The van der Waals surface area contributed by atoms with Crippen molar-refractivity contribution < 1.29 is 12.8 Å². The zero-order valence-electron chi connectivity index (χ0n) is 11.2. The van der Waals surface area contributed by atoms with Crippen LogP contribution in [0, 0.1) is 5.82 Å². The largest absolute Gasteiger partial charge is 0.249 e. The van der Waals surface area contributed by atoms with E-state index in [1.165, 1.54) is 34.8 Å². The van der Waals surface area contributed by atoms with Gasteiger partial charge in [-0.3, -0.25) is 0 Å². The molecule has 0 fully saturated rings. The summed E-state index contributed by atoms with van der Waals surface area (Å²) in [6.07, 6.45) is 2.53. The maximum atomic E-state index is 12.8. The lowest BCUT2D eigenvalue weighted by atomic mass is 10.4. The Bertz CT molecular complexity index is 681. The van der Waals surface area contributed by atoms with E-state index in [4.69, 9.17) is 0 Å². The number of halogens is 1. The van der Waals surface area contributed by atoms with Crippen molar-refractivity contribution in [2.24, 2.45) is 0 Å². The molecular formula is C13H15FN2O2S2. The van der Waals surface area contributed by atoms with Crippen LogP contribution >= 0.6 is 11.3 Å². The normalized spacial score (nSPS) is 12.0. The molecule has 108 valence electrons. The second kappa shape index (κ2) is 5.99. The molecule has 4 nitrogen and oxygen atoms in total. The molecule has 0 atom stereocenters. The van der Waals surface area contributed by atoms with Crippen molar-refractivity contribution in [3.63, 3.8) is 0 Å². The number of hydrogen-bond acceptors (Lipinski definition) is 4. The van der Waals surface area contributed by atoms with Gasteiger partial charge in [0.05, 0.1) is 9.90 Å². The summed E-state index contributed by atoms with van der Waals surface area (Å²) in [5.41, 5.74) is 0. The molecular weight excluding hydrogens is 299 g/mol. The molecule has 0 N–H and O–H groups in total.